The van der Waals surface area contributed by atoms with Crippen LogP contribution in [0.25, 0.3) is 5.70 Å². The molecule has 2 heterocycles. The van der Waals surface area contributed by atoms with E-state index in [1.54, 1.807) is 27.7 Å². The highest BCUT2D eigenvalue weighted by atomic mass is 19.4. The van der Waals surface area contributed by atoms with Crippen molar-refractivity contribution in [1.82, 2.24) is 9.88 Å². The maximum atomic E-state index is 12.5. The van der Waals surface area contributed by atoms with Crippen LogP contribution in [0.4, 0.5) is 18.0 Å². The van der Waals surface area contributed by atoms with E-state index in [4.69, 9.17) is 9.47 Å². The van der Waals surface area contributed by atoms with Gasteiger partial charge in [0.15, 0.2) is 0 Å². The van der Waals surface area contributed by atoms with Crippen molar-refractivity contribution in [3.63, 3.8) is 0 Å². The second-order valence-electron chi connectivity index (χ2n) is 6.46. The lowest BCUT2D eigenvalue weighted by atomic mass is 10.2. The normalized spacial score (nSPS) is 18.3. The van der Waals surface area contributed by atoms with Gasteiger partial charge < -0.3 is 14.2 Å². The predicted molar refractivity (Wildman–Crippen MR) is 82.4 cm³/mol. The van der Waals surface area contributed by atoms with Gasteiger partial charge in [-0.2, -0.15) is 0 Å². The predicted octanol–water partition coefficient (Wildman–Crippen LogP) is 3.93. The lowest BCUT2D eigenvalue weighted by molar-refractivity contribution is -0.274. The third-order valence-electron chi connectivity index (χ3n) is 3.06. The van der Waals surface area contributed by atoms with Crippen molar-refractivity contribution < 1.29 is 32.2 Å². The van der Waals surface area contributed by atoms with E-state index >= 15 is 0 Å². The molecule has 1 unspecified atom stereocenters. The van der Waals surface area contributed by atoms with E-state index in [1.807, 2.05) is 0 Å². The van der Waals surface area contributed by atoms with E-state index in [1.165, 1.54) is 17.2 Å². The molecule has 0 aliphatic carbocycles. The van der Waals surface area contributed by atoms with Gasteiger partial charge in [-0.1, -0.05) is 0 Å². The molecule has 1 aromatic heterocycles. The van der Waals surface area contributed by atoms with Gasteiger partial charge >= 0.3 is 12.5 Å². The Labute approximate surface area is 143 Å². The number of amides is 1. The molecular weight excluding hydrogens is 341 g/mol. The summed E-state index contributed by atoms with van der Waals surface area (Å²) in [5, 5.41) is 0. The second kappa shape index (κ2) is 6.81. The smallest absolute Gasteiger partial charge is 0.497 e. The minimum absolute atomic E-state index is 0.256. The molecule has 0 saturated carbocycles. The van der Waals surface area contributed by atoms with Crippen LogP contribution in [0.3, 0.4) is 0 Å². The summed E-state index contributed by atoms with van der Waals surface area (Å²) in [6.07, 6.45) is -3.13. The SMILES string of the molecule is CC1COC=C(c2ccc(OC(F)(F)F)cn2)N1C(=O)OC(C)(C)C. The van der Waals surface area contributed by atoms with Crippen molar-refractivity contribution in [3.8, 4) is 5.75 Å². The summed E-state index contributed by atoms with van der Waals surface area (Å²) in [6, 6.07) is 2.09. The van der Waals surface area contributed by atoms with Crippen molar-refractivity contribution >= 4 is 11.8 Å². The highest BCUT2D eigenvalue weighted by molar-refractivity contribution is 5.82. The zero-order valence-corrected chi connectivity index (χ0v) is 14.3. The van der Waals surface area contributed by atoms with Gasteiger partial charge in [-0.25, -0.2) is 4.79 Å². The van der Waals surface area contributed by atoms with E-state index < -0.39 is 23.8 Å². The molecule has 0 fully saturated rings. The molecule has 1 aromatic rings. The minimum atomic E-state index is -4.80. The van der Waals surface area contributed by atoms with Gasteiger partial charge in [-0.05, 0) is 39.8 Å². The minimum Gasteiger partial charge on any atom is -0.497 e. The first-order valence-electron chi connectivity index (χ1n) is 7.52. The zero-order valence-electron chi connectivity index (χ0n) is 14.3. The van der Waals surface area contributed by atoms with Gasteiger partial charge in [0.25, 0.3) is 0 Å². The number of pyridine rings is 1. The summed E-state index contributed by atoms with van der Waals surface area (Å²) in [6.45, 7) is 7.23. The number of halogens is 3. The van der Waals surface area contributed by atoms with Gasteiger partial charge in [0.05, 0.1) is 17.9 Å². The van der Waals surface area contributed by atoms with Crippen molar-refractivity contribution in [2.45, 2.75) is 45.7 Å². The van der Waals surface area contributed by atoms with Gasteiger partial charge in [-0.15, -0.1) is 13.2 Å². The molecule has 25 heavy (non-hydrogen) atoms. The van der Waals surface area contributed by atoms with Crippen molar-refractivity contribution in [2.75, 3.05) is 6.61 Å². The number of carbonyl (C=O) groups excluding carboxylic acids is 1. The molecule has 1 aliphatic rings. The van der Waals surface area contributed by atoms with E-state index in [0.29, 0.717) is 5.70 Å². The molecule has 9 heteroatoms. The lowest BCUT2D eigenvalue weighted by Crippen LogP contribution is -2.44. The van der Waals surface area contributed by atoms with Gasteiger partial charge in [0, 0.05) is 0 Å². The van der Waals surface area contributed by atoms with Crippen LogP contribution in [0, 0.1) is 0 Å². The average Bonchev–Trinajstić information content (AvgIpc) is 2.44. The third kappa shape index (κ3) is 5.27. The maximum Gasteiger partial charge on any atom is 0.573 e. The molecule has 6 nitrogen and oxygen atoms in total. The highest BCUT2D eigenvalue weighted by Gasteiger charge is 2.34. The largest absolute Gasteiger partial charge is 0.573 e. The summed E-state index contributed by atoms with van der Waals surface area (Å²) in [7, 11) is 0. The number of ether oxygens (including phenoxy) is 3. The number of hydrogen-bond acceptors (Lipinski definition) is 5. The Hall–Kier alpha value is -2.45. The molecule has 138 valence electrons. The fourth-order valence-corrected chi connectivity index (χ4v) is 2.13. The number of aromatic nitrogens is 1. The summed E-state index contributed by atoms with van der Waals surface area (Å²) < 4.78 is 51.1. The molecule has 1 atom stereocenters. The summed E-state index contributed by atoms with van der Waals surface area (Å²) in [5.74, 6) is -0.453. The lowest BCUT2D eigenvalue weighted by Gasteiger charge is -2.35. The van der Waals surface area contributed by atoms with Crippen LogP contribution >= 0.6 is 0 Å². The second-order valence-corrected chi connectivity index (χ2v) is 6.46. The molecule has 0 N–H and O–H groups in total. The van der Waals surface area contributed by atoms with Crippen molar-refractivity contribution in [1.29, 1.82) is 0 Å². The molecule has 0 spiro atoms. The Balaban J connectivity index is 2.25. The van der Waals surface area contributed by atoms with Crippen LogP contribution < -0.4 is 4.74 Å². The number of nitrogens with zero attached hydrogens (tertiary/aromatic N) is 2. The van der Waals surface area contributed by atoms with E-state index in [2.05, 4.69) is 9.72 Å². The summed E-state index contributed by atoms with van der Waals surface area (Å²) in [4.78, 5) is 17.8. The molecular formula is C16H19F3N2O4. The fourth-order valence-electron chi connectivity index (χ4n) is 2.13. The summed E-state index contributed by atoms with van der Waals surface area (Å²) in [5.41, 5.74) is -0.142. The average molecular weight is 360 g/mol. The van der Waals surface area contributed by atoms with Gasteiger partial charge in [-0.3, -0.25) is 9.88 Å². The first-order valence-corrected chi connectivity index (χ1v) is 7.52. The number of hydrogen-bond donors (Lipinski definition) is 0. The highest BCUT2D eigenvalue weighted by Crippen LogP contribution is 2.28. The van der Waals surface area contributed by atoms with E-state index in [-0.39, 0.29) is 18.3 Å². The Morgan fingerprint density at radius 3 is 2.52 bits per heavy atom. The quantitative estimate of drug-likeness (QED) is 0.800. The molecule has 0 aromatic carbocycles. The Kier molecular flexibility index (Phi) is 5.15. The van der Waals surface area contributed by atoms with Crippen LogP contribution in [-0.4, -0.2) is 40.6 Å². The first-order chi connectivity index (χ1) is 11.5. The van der Waals surface area contributed by atoms with Crippen LogP contribution in [0.1, 0.15) is 33.4 Å². The maximum absolute atomic E-state index is 12.5. The Morgan fingerprint density at radius 1 is 1.32 bits per heavy atom. The number of carbonyl (C=O) groups is 1. The molecule has 0 bridgehead atoms. The van der Waals surface area contributed by atoms with Crippen LogP contribution in [0.15, 0.2) is 24.6 Å². The van der Waals surface area contributed by atoms with Crippen molar-refractivity contribution in [3.05, 3.63) is 30.3 Å². The van der Waals surface area contributed by atoms with Gasteiger partial charge in [0.2, 0.25) is 0 Å². The summed E-state index contributed by atoms with van der Waals surface area (Å²) >= 11 is 0. The molecule has 1 amide bonds. The Morgan fingerprint density at radius 2 is 2.00 bits per heavy atom. The van der Waals surface area contributed by atoms with E-state index in [9.17, 15) is 18.0 Å². The first kappa shape index (κ1) is 18.9. The molecule has 0 saturated heterocycles. The topological polar surface area (TPSA) is 60.9 Å². The van der Waals surface area contributed by atoms with E-state index in [0.717, 1.165) is 12.3 Å². The number of rotatable bonds is 2. The number of alkyl halides is 3. The third-order valence-corrected chi connectivity index (χ3v) is 3.06. The van der Waals surface area contributed by atoms with Gasteiger partial charge in [0.1, 0.15) is 29.9 Å². The standard InChI is InChI=1S/C16H19F3N2O4/c1-10-8-23-9-13(21(10)14(22)25-15(2,3)4)12-6-5-11(7-20-12)24-16(17,18)19/h5-7,9-10H,8H2,1-4H3. The van der Waals surface area contributed by atoms with Crippen LogP contribution in [0.2, 0.25) is 0 Å². The monoisotopic (exact) mass is 360 g/mol. The fraction of sp³-hybridized carbons (Fsp3) is 0.500. The molecule has 1 aliphatic heterocycles. The molecule has 0 radical (unpaired) electrons. The molecule has 2 rings (SSSR count). The Bertz CT molecular complexity index is 651. The van der Waals surface area contributed by atoms with Crippen molar-refractivity contribution in [2.24, 2.45) is 0 Å². The zero-order chi connectivity index (χ0) is 18.8. The van der Waals surface area contributed by atoms with Crippen LogP contribution in [-0.2, 0) is 9.47 Å². The van der Waals surface area contributed by atoms with Crippen LogP contribution in [0.5, 0.6) is 5.75 Å².